The van der Waals surface area contributed by atoms with Gasteiger partial charge in [0.25, 0.3) is 11.6 Å². The van der Waals surface area contributed by atoms with E-state index in [-0.39, 0.29) is 12.3 Å². The highest BCUT2D eigenvalue weighted by atomic mass is 16.6. The number of hydrogen-bond donors (Lipinski definition) is 1. The van der Waals surface area contributed by atoms with Gasteiger partial charge in [-0.2, -0.15) is 0 Å². The number of benzene rings is 2. The molecule has 1 heterocycles. The first-order chi connectivity index (χ1) is 12.1. The zero-order valence-corrected chi connectivity index (χ0v) is 13.3. The first-order valence-electron chi connectivity index (χ1n) is 7.42. The summed E-state index contributed by atoms with van der Waals surface area (Å²) in [4.78, 5) is 30.7. The lowest BCUT2D eigenvalue weighted by molar-refractivity contribution is -0.385. The molecule has 0 atom stereocenters. The highest BCUT2D eigenvalue weighted by Gasteiger charge is 2.15. The van der Waals surface area contributed by atoms with Crippen molar-refractivity contribution in [2.75, 3.05) is 11.9 Å². The molecule has 8 nitrogen and oxygen atoms in total. The molecule has 1 amide bonds. The number of anilines is 1. The number of fused-ring (bicyclic) bond motifs is 1. The maximum Gasteiger partial charge on any atom is 0.274 e. The van der Waals surface area contributed by atoms with Gasteiger partial charge in [-0.1, -0.05) is 18.2 Å². The molecule has 0 radical (unpaired) electrons. The SMILES string of the molecule is Cc1c(NC(=O)COc2ncnc3ccccc23)cccc1[N+](=O)[O-]. The molecule has 8 heteroatoms. The summed E-state index contributed by atoms with van der Waals surface area (Å²) in [6.45, 7) is 1.30. The molecule has 0 aliphatic heterocycles. The van der Waals surface area contributed by atoms with Crippen LogP contribution >= 0.6 is 0 Å². The second kappa shape index (κ2) is 6.91. The molecule has 2 aromatic carbocycles. The van der Waals surface area contributed by atoms with E-state index in [1.54, 1.807) is 19.1 Å². The van der Waals surface area contributed by atoms with Crippen molar-refractivity contribution < 1.29 is 14.5 Å². The zero-order chi connectivity index (χ0) is 17.8. The van der Waals surface area contributed by atoms with Crippen molar-refractivity contribution >= 4 is 28.2 Å². The van der Waals surface area contributed by atoms with Gasteiger partial charge in [-0.25, -0.2) is 9.97 Å². The summed E-state index contributed by atoms with van der Waals surface area (Å²) in [6.07, 6.45) is 1.36. The number of rotatable bonds is 5. The van der Waals surface area contributed by atoms with Crippen LogP contribution in [0, 0.1) is 17.0 Å². The van der Waals surface area contributed by atoms with Crippen molar-refractivity contribution in [2.24, 2.45) is 0 Å². The van der Waals surface area contributed by atoms with Gasteiger partial charge in [-0.15, -0.1) is 0 Å². The molecule has 0 unspecified atom stereocenters. The molecule has 1 aromatic heterocycles. The Morgan fingerprint density at radius 1 is 1.20 bits per heavy atom. The number of ether oxygens (including phenoxy) is 1. The lowest BCUT2D eigenvalue weighted by Gasteiger charge is -2.10. The number of aromatic nitrogens is 2. The summed E-state index contributed by atoms with van der Waals surface area (Å²) in [7, 11) is 0. The Bertz CT molecular complexity index is 953. The van der Waals surface area contributed by atoms with Crippen LogP contribution in [0.25, 0.3) is 10.9 Å². The lowest BCUT2D eigenvalue weighted by Crippen LogP contribution is -2.21. The van der Waals surface area contributed by atoms with Crippen LogP contribution in [-0.2, 0) is 4.79 Å². The molecule has 0 saturated carbocycles. The Balaban J connectivity index is 1.71. The molecule has 0 saturated heterocycles. The van der Waals surface area contributed by atoms with Crippen LogP contribution in [0.15, 0.2) is 48.8 Å². The van der Waals surface area contributed by atoms with Gasteiger partial charge in [-0.3, -0.25) is 14.9 Å². The third-order valence-electron chi connectivity index (χ3n) is 3.62. The third-order valence-corrected chi connectivity index (χ3v) is 3.62. The van der Waals surface area contributed by atoms with Crippen LogP contribution in [0.3, 0.4) is 0 Å². The van der Waals surface area contributed by atoms with Gasteiger partial charge >= 0.3 is 0 Å². The Labute approximate surface area is 142 Å². The normalized spacial score (nSPS) is 10.4. The standard InChI is InChI=1S/C17H14N4O4/c1-11-13(7-4-8-15(11)21(23)24)20-16(22)9-25-17-12-5-2-3-6-14(12)18-10-19-17/h2-8,10H,9H2,1H3,(H,20,22). The maximum atomic E-state index is 12.1. The minimum Gasteiger partial charge on any atom is -0.467 e. The fourth-order valence-electron chi connectivity index (χ4n) is 2.37. The van der Waals surface area contributed by atoms with Crippen LogP contribution in [0.2, 0.25) is 0 Å². The molecule has 0 bridgehead atoms. The molecule has 0 aliphatic rings. The predicted octanol–water partition coefficient (Wildman–Crippen LogP) is 2.86. The number of nitro groups is 1. The zero-order valence-electron chi connectivity index (χ0n) is 13.3. The van der Waals surface area contributed by atoms with Crippen molar-refractivity contribution in [3.63, 3.8) is 0 Å². The smallest absolute Gasteiger partial charge is 0.274 e. The largest absolute Gasteiger partial charge is 0.467 e. The number of nitro benzene ring substituents is 1. The van der Waals surface area contributed by atoms with Crippen LogP contribution in [0.5, 0.6) is 5.88 Å². The Kier molecular flexibility index (Phi) is 4.51. The van der Waals surface area contributed by atoms with E-state index in [4.69, 9.17) is 4.74 Å². The summed E-state index contributed by atoms with van der Waals surface area (Å²) in [5.74, 6) is -0.136. The highest BCUT2D eigenvalue weighted by Crippen LogP contribution is 2.25. The summed E-state index contributed by atoms with van der Waals surface area (Å²) in [5.41, 5.74) is 1.41. The second-order valence-corrected chi connectivity index (χ2v) is 5.24. The van der Waals surface area contributed by atoms with Crippen molar-refractivity contribution in [1.82, 2.24) is 9.97 Å². The fourth-order valence-corrected chi connectivity index (χ4v) is 2.37. The van der Waals surface area contributed by atoms with Gasteiger partial charge in [0.2, 0.25) is 5.88 Å². The monoisotopic (exact) mass is 338 g/mol. The fraction of sp³-hybridized carbons (Fsp3) is 0.118. The predicted molar refractivity (Wildman–Crippen MR) is 91.5 cm³/mol. The van der Waals surface area contributed by atoms with E-state index < -0.39 is 10.8 Å². The number of carbonyl (C=O) groups excluding carboxylic acids is 1. The van der Waals surface area contributed by atoms with Gasteiger partial charge in [-0.05, 0) is 25.1 Å². The Morgan fingerprint density at radius 3 is 2.80 bits per heavy atom. The minimum atomic E-state index is -0.492. The van der Waals surface area contributed by atoms with Gasteiger partial charge in [0, 0.05) is 6.07 Å². The first kappa shape index (κ1) is 16.3. The average Bonchev–Trinajstić information content (AvgIpc) is 2.61. The number of nitrogens with one attached hydrogen (secondary N) is 1. The molecule has 0 spiro atoms. The minimum absolute atomic E-state index is 0.0551. The lowest BCUT2D eigenvalue weighted by atomic mass is 10.1. The van der Waals surface area contributed by atoms with Crippen LogP contribution in [0.4, 0.5) is 11.4 Å². The van der Waals surface area contributed by atoms with E-state index >= 15 is 0 Å². The van der Waals surface area contributed by atoms with Crippen LogP contribution in [-0.4, -0.2) is 27.4 Å². The van der Waals surface area contributed by atoms with Gasteiger partial charge in [0.05, 0.1) is 27.1 Å². The average molecular weight is 338 g/mol. The topological polar surface area (TPSA) is 107 Å². The van der Waals surface area contributed by atoms with E-state index in [1.807, 2.05) is 18.2 Å². The van der Waals surface area contributed by atoms with Gasteiger partial charge in [0.1, 0.15) is 6.33 Å². The van der Waals surface area contributed by atoms with E-state index in [9.17, 15) is 14.9 Å². The molecule has 25 heavy (non-hydrogen) atoms. The molecular weight excluding hydrogens is 324 g/mol. The van der Waals surface area contributed by atoms with Crippen LogP contribution < -0.4 is 10.1 Å². The summed E-state index contributed by atoms with van der Waals surface area (Å²) < 4.78 is 5.47. The van der Waals surface area contributed by atoms with Gasteiger partial charge < -0.3 is 10.1 Å². The van der Waals surface area contributed by atoms with Crippen molar-refractivity contribution in [1.29, 1.82) is 0 Å². The quantitative estimate of drug-likeness (QED) is 0.566. The first-order valence-corrected chi connectivity index (χ1v) is 7.42. The molecular formula is C17H14N4O4. The van der Waals surface area contributed by atoms with Crippen molar-refractivity contribution in [3.8, 4) is 5.88 Å². The number of amides is 1. The van der Waals surface area contributed by atoms with E-state index in [0.717, 1.165) is 0 Å². The molecule has 0 fully saturated rings. The molecule has 0 aliphatic carbocycles. The summed E-state index contributed by atoms with van der Waals surface area (Å²) in [6, 6.07) is 11.8. The molecule has 1 N–H and O–H groups in total. The number of nitrogens with zero attached hydrogens (tertiary/aromatic N) is 3. The van der Waals surface area contributed by atoms with Gasteiger partial charge in [0.15, 0.2) is 6.61 Å². The third kappa shape index (κ3) is 3.52. The van der Waals surface area contributed by atoms with Crippen molar-refractivity contribution in [2.45, 2.75) is 6.92 Å². The number of hydrogen-bond acceptors (Lipinski definition) is 6. The Morgan fingerprint density at radius 2 is 2.00 bits per heavy atom. The van der Waals surface area contributed by atoms with Crippen molar-refractivity contribution in [3.05, 3.63) is 64.5 Å². The van der Waals surface area contributed by atoms with E-state index in [1.165, 1.54) is 18.5 Å². The van der Waals surface area contributed by atoms with E-state index in [2.05, 4.69) is 15.3 Å². The van der Waals surface area contributed by atoms with Crippen LogP contribution in [0.1, 0.15) is 5.56 Å². The second-order valence-electron chi connectivity index (χ2n) is 5.24. The Hall–Kier alpha value is -3.55. The summed E-state index contributed by atoms with van der Waals surface area (Å²) >= 11 is 0. The number of carbonyl (C=O) groups is 1. The molecule has 126 valence electrons. The highest BCUT2D eigenvalue weighted by molar-refractivity contribution is 5.93. The van der Waals surface area contributed by atoms with E-state index in [0.29, 0.717) is 28.0 Å². The maximum absolute atomic E-state index is 12.1. The number of para-hydroxylation sites is 1. The summed E-state index contributed by atoms with van der Waals surface area (Å²) in [5, 5.41) is 14.3. The molecule has 3 rings (SSSR count). The molecule has 3 aromatic rings.